The van der Waals surface area contributed by atoms with Crippen LogP contribution in [0.3, 0.4) is 0 Å². The molecule has 89 heavy (non-hydrogen) atoms. The van der Waals surface area contributed by atoms with Gasteiger partial charge < -0.3 is 49.1 Å². The molecule has 2 fully saturated rings. The Labute approximate surface area is 516 Å². The third-order valence-electron chi connectivity index (χ3n) is 16.1. The summed E-state index contributed by atoms with van der Waals surface area (Å²) in [5.41, 5.74) is 12.7. The van der Waals surface area contributed by atoms with Crippen LogP contribution in [0.15, 0.2) is 122 Å². The Morgan fingerprint density at radius 2 is 1.15 bits per heavy atom. The average Bonchev–Trinajstić information content (AvgIpc) is 2.16. The molecule has 4 aliphatic rings. The fourth-order valence-electron chi connectivity index (χ4n) is 11.6. The standard InChI is InChI=1S/C34H37N5O5.C28H28N4O4.C6H9NO2/c1-4-43-33-28(34(41)42)17-35-39(33)30-10-6-9-29(36-30)27-8-5-7-22(2)32(27)44-21-23-11-12-26-20-38(14-13-25(26)15-23)19-24-16-31(40)37(3)18-24;1-3-35-27-23(28(33)34)16-30-32(27)25-9-5-8-24(31-25)22-7-4-6-18(2)26(22)36-17-19-10-11-21-15-29-13-12-20(21)14-19;1-7-3-5(4-8)2-6(7)9/h5-12,15,17,24H,4,13-14,16,18-21H2,1-3H3,(H,41,42);4-11,14,16,29H,3,12-13,15,17H2,1-2H3,(H,33,34);4-5H,2-3H2,1H3. The Morgan fingerprint density at radius 1 is 0.629 bits per heavy atom. The second-order valence-electron chi connectivity index (χ2n) is 22.6. The van der Waals surface area contributed by atoms with Crippen LogP contribution >= 0.6 is 0 Å². The highest BCUT2D eigenvalue weighted by Gasteiger charge is 2.30. The topological polar surface area (TPSA) is 246 Å². The number of carbonyl (C=O) groups excluding carboxylic acids is 3. The number of para-hydroxylation sites is 2. The molecule has 21 heteroatoms. The van der Waals surface area contributed by atoms with Crippen LogP contribution < -0.4 is 24.3 Å². The number of hydrogen-bond acceptors (Lipinski definition) is 15. The number of amides is 2. The number of nitrogens with zero attached hydrogens (tertiary/aromatic N) is 9. The third-order valence-corrected chi connectivity index (χ3v) is 16.1. The van der Waals surface area contributed by atoms with Crippen LogP contribution in [0.1, 0.15) is 91.9 Å². The molecule has 4 aliphatic heterocycles. The van der Waals surface area contributed by atoms with E-state index in [9.17, 15) is 34.2 Å². The molecule has 0 spiro atoms. The maximum absolute atomic E-state index is 11.9. The van der Waals surface area contributed by atoms with Gasteiger partial charge in [-0.15, -0.1) is 0 Å². The van der Waals surface area contributed by atoms with Crippen molar-refractivity contribution in [3.8, 4) is 57.4 Å². The van der Waals surface area contributed by atoms with Crippen molar-refractivity contribution in [1.82, 2.24) is 49.5 Å². The van der Waals surface area contributed by atoms with E-state index < -0.39 is 11.9 Å². The Bertz CT molecular complexity index is 3900. The molecule has 0 bridgehead atoms. The van der Waals surface area contributed by atoms with Gasteiger partial charge in [-0.1, -0.05) is 72.8 Å². The lowest BCUT2D eigenvalue weighted by molar-refractivity contribution is -0.127. The molecular weight excluding hydrogens is 1130 g/mol. The maximum Gasteiger partial charge on any atom is 0.342 e. The Balaban J connectivity index is 0.000000174. The maximum atomic E-state index is 11.9. The lowest BCUT2D eigenvalue weighted by Gasteiger charge is -2.31. The number of carbonyl (C=O) groups is 5. The van der Waals surface area contributed by atoms with Gasteiger partial charge in [0.25, 0.3) is 0 Å². The number of ether oxygens (including phenoxy) is 4. The van der Waals surface area contributed by atoms with Gasteiger partial charge in [-0.2, -0.15) is 19.6 Å². The molecule has 0 radical (unpaired) electrons. The minimum absolute atomic E-state index is 0.00976. The monoisotopic (exact) mass is 1210 g/mol. The molecule has 3 N–H and O–H groups in total. The van der Waals surface area contributed by atoms with Crippen LogP contribution in [0.4, 0.5) is 0 Å². The van der Waals surface area contributed by atoms with E-state index in [2.05, 4.69) is 56.8 Å². The van der Waals surface area contributed by atoms with E-state index in [1.54, 1.807) is 37.9 Å². The minimum Gasteiger partial charge on any atom is -0.488 e. The molecule has 2 saturated heterocycles. The Hall–Kier alpha value is -9.73. The van der Waals surface area contributed by atoms with Crippen LogP contribution in [0.5, 0.6) is 23.3 Å². The number of nitrogens with one attached hydrogen (secondary N) is 1. The van der Waals surface area contributed by atoms with Crippen LogP contribution in [0, 0.1) is 25.7 Å². The highest BCUT2D eigenvalue weighted by Crippen LogP contribution is 2.36. The number of aromatic nitrogens is 6. The van der Waals surface area contributed by atoms with Crippen LogP contribution in [0.25, 0.3) is 34.2 Å². The number of likely N-dealkylation sites (tertiary alicyclic amines) is 2. The molecule has 2 amide bonds. The largest absolute Gasteiger partial charge is 0.488 e. The summed E-state index contributed by atoms with van der Waals surface area (Å²) in [7, 11) is 3.61. The van der Waals surface area contributed by atoms with E-state index >= 15 is 0 Å². The van der Waals surface area contributed by atoms with Gasteiger partial charge in [0, 0.05) is 83.3 Å². The summed E-state index contributed by atoms with van der Waals surface area (Å²) in [6.07, 6.45) is 6.46. The van der Waals surface area contributed by atoms with Gasteiger partial charge in [0.2, 0.25) is 23.6 Å². The van der Waals surface area contributed by atoms with Crippen LogP contribution in [-0.4, -0.2) is 145 Å². The molecule has 4 aromatic heterocycles. The molecule has 0 aliphatic carbocycles. The molecule has 12 rings (SSSR count). The van der Waals surface area contributed by atoms with Gasteiger partial charge >= 0.3 is 11.9 Å². The zero-order chi connectivity index (χ0) is 62.7. The zero-order valence-corrected chi connectivity index (χ0v) is 51.0. The smallest absolute Gasteiger partial charge is 0.342 e. The summed E-state index contributed by atoms with van der Waals surface area (Å²) in [5, 5.41) is 30.9. The van der Waals surface area contributed by atoms with E-state index in [0.29, 0.717) is 74.8 Å². The van der Waals surface area contributed by atoms with Crippen molar-refractivity contribution in [2.45, 2.75) is 79.7 Å². The van der Waals surface area contributed by atoms with Gasteiger partial charge in [0.05, 0.1) is 37.0 Å². The third kappa shape index (κ3) is 14.7. The number of aromatic carboxylic acids is 2. The van der Waals surface area contributed by atoms with Gasteiger partial charge in [0.1, 0.15) is 42.1 Å². The number of carboxylic acids is 2. The van der Waals surface area contributed by atoms with E-state index in [0.717, 1.165) is 103 Å². The van der Waals surface area contributed by atoms with Crippen molar-refractivity contribution >= 4 is 30.0 Å². The molecule has 4 aromatic carbocycles. The van der Waals surface area contributed by atoms with E-state index in [1.807, 2.05) is 86.5 Å². The second-order valence-corrected chi connectivity index (χ2v) is 22.6. The quantitative estimate of drug-likeness (QED) is 0.0639. The van der Waals surface area contributed by atoms with Crippen molar-refractivity contribution < 1.29 is 53.1 Å². The number of rotatable bonds is 19. The van der Waals surface area contributed by atoms with E-state index in [1.165, 1.54) is 44.0 Å². The fourth-order valence-corrected chi connectivity index (χ4v) is 11.6. The van der Waals surface area contributed by atoms with Gasteiger partial charge in [0.15, 0.2) is 11.6 Å². The van der Waals surface area contributed by atoms with Gasteiger partial charge in [-0.3, -0.25) is 14.5 Å². The summed E-state index contributed by atoms with van der Waals surface area (Å²) in [6, 6.07) is 36.1. The highest BCUT2D eigenvalue weighted by molar-refractivity contribution is 5.91. The minimum atomic E-state index is -1.11. The lowest BCUT2D eigenvalue weighted by Crippen LogP contribution is -2.35. The van der Waals surface area contributed by atoms with Crippen molar-refractivity contribution in [2.75, 3.05) is 60.0 Å². The second kappa shape index (κ2) is 28.4. The molecule has 8 heterocycles. The summed E-state index contributed by atoms with van der Waals surface area (Å²) in [6.45, 7) is 15.3. The summed E-state index contributed by atoms with van der Waals surface area (Å²) in [5.74, 6) is 1.17. The number of aryl methyl sites for hydroxylation is 2. The Kier molecular flexibility index (Phi) is 19.9. The molecule has 462 valence electrons. The first kappa shape index (κ1) is 62.3. The molecule has 2 unspecified atom stereocenters. The highest BCUT2D eigenvalue weighted by atomic mass is 16.5. The molecule has 2 atom stereocenters. The average molecular weight is 1210 g/mol. The van der Waals surface area contributed by atoms with E-state index in [4.69, 9.17) is 28.9 Å². The lowest BCUT2D eigenvalue weighted by atomic mass is 9.96. The van der Waals surface area contributed by atoms with Gasteiger partial charge in [-0.05, 0) is 134 Å². The number of fused-ring (bicyclic) bond motifs is 2. The molecule has 8 aromatic rings. The first-order chi connectivity index (χ1) is 43.1. The number of aldehydes is 1. The summed E-state index contributed by atoms with van der Waals surface area (Å²) >= 11 is 0. The number of benzene rings is 4. The first-order valence-corrected chi connectivity index (χ1v) is 30.0. The molecule has 0 saturated carbocycles. The van der Waals surface area contributed by atoms with Crippen molar-refractivity contribution in [1.29, 1.82) is 0 Å². The molecular formula is C68H74N10O11. The van der Waals surface area contributed by atoms with Crippen molar-refractivity contribution in [3.63, 3.8) is 0 Å². The summed E-state index contributed by atoms with van der Waals surface area (Å²) in [4.78, 5) is 71.6. The van der Waals surface area contributed by atoms with Crippen molar-refractivity contribution in [2.24, 2.45) is 11.8 Å². The predicted octanol–water partition coefficient (Wildman–Crippen LogP) is 8.98. The van der Waals surface area contributed by atoms with Crippen LogP contribution in [-0.2, 0) is 53.5 Å². The SMILES string of the molecule is CCOc1c(C(=O)O)cnn1-c1cccc(-c2cccc(C)c2OCc2ccc3c(c2)CCN(CC2CC(=O)N(C)C2)C3)n1.CCOc1c(C(=O)O)cnn1-c1cccc(-c2cccc(C)c2OCc2ccc3c(c2)CCNC3)n1.CN1CC(C=O)CC1=O. The number of carboxylic acid groups (broad SMARTS) is 2. The Morgan fingerprint density at radius 3 is 1.63 bits per heavy atom. The number of pyridine rings is 2. The predicted molar refractivity (Wildman–Crippen MR) is 333 cm³/mol. The molecule has 21 nitrogen and oxygen atoms in total. The van der Waals surface area contributed by atoms with Crippen molar-refractivity contribution in [3.05, 3.63) is 177 Å². The van der Waals surface area contributed by atoms with Gasteiger partial charge in [-0.25, -0.2) is 19.6 Å². The summed E-state index contributed by atoms with van der Waals surface area (Å²) < 4.78 is 26.9. The fraction of sp³-hybridized carbons (Fsp3) is 0.338. The van der Waals surface area contributed by atoms with E-state index in [-0.39, 0.29) is 40.6 Å². The number of hydrogen-bond donors (Lipinski definition) is 3. The first-order valence-electron chi connectivity index (χ1n) is 30.0. The van der Waals surface area contributed by atoms with Crippen LogP contribution in [0.2, 0.25) is 0 Å². The normalized spacial score (nSPS) is 16.1. The zero-order valence-electron chi connectivity index (χ0n) is 51.0.